The van der Waals surface area contributed by atoms with Crippen LogP contribution in [0.3, 0.4) is 0 Å². The second kappa shape index (κ2) is 9.11. The topological polar surface area (TPSA) is 53.0 Å². The number of aromatic hydroxyl groups is 1. The van der Waals surface area contributed by atoms with E-state index < -0.39 is 0 Å². The van der Waals surface area contributed by atoms with Gasteiger partial charge in [-0.3, -0.25) is 4.79 Å². The molecule has 1 aliphatic heterocycles. The van der Waals surface area contributed by atoms with E-state index in [2.05, 4.69) is 11.0 Å². The molecule has 1 N–H and O–H groups in total. The van der Waals surface area contributed by atoms with Crippen LogP contribution < -0.4 is 0 Å². The summed E-state index contributed by atoms with van der Waals surface area (Å²) in [5.74, 6) is 1.58. The molecule has 5 nitrogen and oxygen atoms in total. The minimum absolute atomic E-state index is 0.0612. The van der Waals surface area contributed by atoms with Gasteiger partial charge in [-0.2, -0.15) is 0 Å². The van der Waals surface area contributed by atoms with Gasteiger partial charge in [-0.25, -0.2) is 0 Å². The van der Waals surface area contributed by atoms with E-state index >= 15 is 0 Å². The Morgan fingerprint density at radius 1 is 1.18 bits per heavy atom. The van der Waals surface area contributed by atoms with Gasteiger partial charge in [0.15, 0.2) is 0 Å². The van der Waals surface area contributed by atoms with Crippen molar-refractivity contribution in [1.82, 2.24) is 9.80 Å². The van der Waals surface area contributed by atoms with E-state index in [-0.39, 0.29) is 23.5 Å². The van der Waals surface area contributed by atoms with E-state index in [4.69, 9.17) is 4.74 Å². The molecule has 1 saturated heterocycles. The molecule has 2 aliphatic carbocycles. The maximum atomic E-state index is 13.3. The second-order valence-electron chi connectivity index (χ2n) is 10.4. The fraction of sp³-hybridized carbons (Fsp3) is 0.536. The number of hydrogen-bond donors (Lipinski definition) is 1. The van der Waals surface area contributed by atoms with Gasteiger partial charge in [0.2, 0.25) is 0 Å². The highest BCUT2D eigenvalue weighted by molar-refractivity contribution is 5.94. The summed E-state index contributed by atoms with van der Waals surface area (Å²) >= 11 is 0. The number of hydrogen-bond acceptors (Lipinski definition) is 4. The van der Waals surface area contributed by atoms with Crippen molar-refractivity contribution in [3.63, 3.8) is 0 Å². The Morgan fingerprint density at radius 3 is 2.67 bits per heavy atom. The van der Waals surface area contributed by atoms with E-state index in [0.29, 0.717) is 11.7 Å². The van der Waals surface area contributed by atoms with Gasteiger partial charge in [0.05, 0.1) is 6.10 Å². The summed E-state index contributed by atoms with van der Waals surface area (Å²) in [7, 11) is 3.75. The number of benzene rings is 2. The van der Waals surface area contributed by atoms with Gasteiger partial charge in [0.25, 0.3) is 5.91 Å². The molecular formula is C28H36N2O3. The number of phenols is 1. The number of piperidine rings is 1. The highest BCUT2D eigenvalue weighted by atomic mass is 16.5. The third kappa shape index (κ3) is 4.41. The van der Waals surface area contributed by atoms with Crippen LogP contribution in [-0.4, -0.2) is 66.8 Å². The summed E-state index contributed by atoms with van der Waals surface area (Å²) < 4.78 is 6.15. The van der Waals surface area contributed by atoms with Crippen molar-refractivity contribution in [3.8, 4) is 5.75 Å². The molecule has 5 rings (SSSR count). The SMILES string of the molecule is COC1CC(N(C)C(=O)c2ccccc2)CC2(c3cccc(O)c3)CCN(CC3CC3)CC12. The molecule has 0 spiro atoms. The molecule has 0 radical (unpaired) electrons. The maximum Gasteiger partial charge on any atom is 0.253 e. The zero-order valence-electron chi connectivity index (χ0n) is 19.8. The minimum atomic E-state index is -0.117. The first-order valence-corrected chi connectivity index (χ1v) is 12.4. The zero-order chi connectivity index (χ0) is 23.0. The van der Waals surface area contributed by atoms with Crippen LogP contribution in [-0.2, 0) is 10.2 Å². The molecule has 5 heteroatoms. The molecule has 4 atom stereocenters. The van der Waals surface area contributed by atoms with Crippen molar-refractivity contribution >= 4 is 5.91 Å². The molecule has 1 heterocycles. The largest absolute Gasteiger partial charge is 0.508 e. The lowest BCUT2D eigenvalue weighted by molar-refractivity contribution is -0.0794. The fourth-order valence-electron chi connectivity index (χ4n) is 6.38. The Balaban J connectivity index is 1.47. The number of carbonyl (C=O) groups excluding carboxylic acids is 1. The normalized spacial score (nSPS) is 29.9. The molecule has 3 aliphatic rings. The number of amides is 1. The van der Waals surface area contributed by atoms with E-state index in [1.807, 2.05) is 61.5 Å². The number of fused-ring (bicyclic) bond motifs is 1. The Bertz CT molecular complexity index is 976. The molecule has 4 unspecified atom stereocenters. The van der Waals surface area contributed by atoms with Crippen LogP contribution in [0.1, 0.15) is 48.0 Å². The van der Waals surface area contributed by atoms with E-state index in [9.17, 15) is 9.90 Å². The van der Waals surface area contributed by atoms with Gasteiger partial charge in [-0.15, -0.1) is 0 Å². The number of likely N-dealkylation sites (tertiary alicyclic amines) is 1. The molecule has 2 aromatic rings. The third-order valence-corrected chi connectivity index (χ3v) is 8.42. The number of ether oxygens (including phenoxy) is 1. The van der Waals surface area contributed by atoms with E-state index in [0.717, 1.165) is 43.8 Å². The Labute approximate surface area is 197 Å². The van der Waals surface area contributed by atoms with Crippen LogP contribution in [0.25, 0.3) is 0 Å². The van der Waals surface area contributed by atoms with Crippen molar-refractivity contribution in [2.75, 3.05) is 33.8 Å². The van der Waals surface area contributed by atoms with Crippen molar-refractivity contribution in [2.24, 2.45) is 11.8 Å². The predicted octanol–water partition coefficient (Wildman–Crippen LogP) is 4.31. The summed E-state index contributed by atoms with van der Waals surface area (Å²) in [6.45, 7) is 3.27. The Kier molecular flexibility index (Phi) is 6.19. The second-order valence-corrected chi connectivity index (χ2v) is 10.4. The first kappa shape index (κ1) is 22.4. The summed E-state index contributed by atoms with van der Waals surface area (Å²) in [5.41, 5.74) is 1.79. The average molecular weight is 449 g/mol. The molecule has 1 amide bonds. The predicted molar refractivity (Wildman–Crippen MR) is 129 cm³/mol. The highest BCUT2D eigenvalue weighted by Crippen LogP contribution is 2.51. The third-order valence-electron chi connectivity index (χ3n) is 8.42. The van der Waals surface area contributed by atoms with Crippen LogP contribution in [0.4, 0.5) is 0 Å². The minimum Gasteiger partial charge on any atom is -0.508 e. The van der Waals surface area contributed by atoms with E-state index in [1.54, 1.807) is 6.07 Å². The van der Waals surface area contributed by atoms with Crippen molar-refractivity contribution < 1.29 is 14.6 Å². The molecule has 0 bridgehead atoms. The van der Waals surface area contributed by atoms with Gasteiger partial charge >= 0.3 is 0 Å². The summed E-state index contributed by atoms with van der Waals surface area (Å²) in [4.78, 5) is 17.9. The van der Waals surface area contributed by atoms with Gasteiger partial charge in [0.1, 0.15) is 5.75 Å². The summed E-state index contributed by atoms with van der Waals surface area (Å²) in [5, 5.41) is 10.3. The standard InChI is InChI=1S/C28H36N2O3/c1-29(27(32)21-7-4-3-5-8-21)23-16-26(33-2)25-19-30(18-20-11-12-20)14-13-28(25,17-23)22-9-6-10-24(31)15-22/h3-10,15,20,23,25-26,31H,11-14,16-19H2,1-2H3. The maximum absolute atomic E-state index is 13.3. The zero-order valence-corrected chi connectivity index (χ0v) is 19.8. The molecular weight excluding hydrogens is 412 g/mol. The highest BCUT2D eigenvalue weighted by Gasteiger charge is 2.53. The molecule has 2 saturated carbocycles. The number of methoxy groups -OCH3 is 1. The Hall–Kier alpha value is -2.37. The monoisotopic (exact) mass is 448 g/mol. The Morgan fingerprint density at radius 2 is 1.97 bits per heavy atom. The number of rotatable bonds is 6. The molecule has 33 heavy (non-hydrogen) atoms. The van der Waals surface area contributed by atoms with Crippen LogP contribution >= 0.6 is 0 Å². The molecule has 2 aromatic carbocycles. The summed E-state index contributed by atoms with van der Waals surface area (Å²) in [6.07, 6.45) is 5.56. The lowest BCUT2D eigenvalue weighted by Crippen LogP contribution is -2.61. The number of nitrogens with zero attached hydrogens (tertiary/aromatic N) is 2. The number of phenolic OH excluding ortho intramolecular Hbond substituents is 1. The van der Waals surface area contributed by atoms with Gasteiger partial charge < -0.3 is 19.6 Å². The van der Waals surface area contributed by atoms with Crippen molar-refractivity contribution in [2.45, 2.75) is 49.7 Å². The quantitative estimate of drug-likeness (QED) is 0.716. The van der Waals surface area contributed by atoms with Crippen LogP contribution in [0, 0.1) is 11.8 Å². The van der Waals surface area contributed by atoms with Crippen LogP contribution in [0.15, 0.2) is 54.6 Å². The average Bonchev–Trinajstić information content (AvgIpc) is 3.67. The first-order valence-electron chi connectivity index (χ1n) is 12.4. The van der Waals surface area contributed by atoms with E-state index in [1.165, 1.54) is 24.9 Å². The van der Waals surface area contributed by atoms with Gasteiger partial charge in [-0.1, -0.05) is 30.3 Å². The molecule has 3 fully saturated rings. The first-order chi connectivity index (χ1) is 16.0. The fourth-order valence-corrected chi connectivity index (χ4v) is 6.38. The lowest BCUT2D eigenvalue weighted by atomic mass is 9.56. The summed E-state index contributed by atoms with van der Waals surface area (Å²) in [6, 6.07) is 17.4. The molecule has 176 valence electrons. The van der Waals surface area contributed by atoms with Crippen molar-refractivity contribution in [1.29, 1.82) is 0 Å². The van der Waals surface area contributed by atoms with Gasteiger partial charge in [0, 0.05) is 50.2 Å². The lowest BCUT2D eigenvalue weighted by Gasteiger charge is -2.56. The van der Waals surface area contributed by atoms with Gasteiger partial charge in [-0.05, 0) is 74.4 Å². The number of carbonyl (C=O) groups is 1. The smallest absolute Gasteiger partial charge is 0.253 e. The van der Waals surface area contributed by atoms with Crippen LogP contribution in [0.5, 0.6) is 5.75 Å². The van der Waals surface area contributed by atoms with Crippen molar-refractivity contribution in [3.05, 3.63) is 65.7 Å². The van der Waals surface area contributed by atoms with Crippen LogP contribution in [0.2, 0.25) is 0 Å². The molecule has 0 aromatic heterocycles.